The quantitative estimate of drug-likeness (QED) is 0.546. The van der Waals surface area contributed by atoms with Crippen LogP contribution in [0.1, 0.15) is 18.2 Å². The number of nitrogens with one attached hydrogen (secondary N) is 2. The third-order valence-electron chi connectivity index (χ3n) is 4.93. The van der Waals surface area contributed by atoms with Crippen LogP contribution in [-0.2, 0) is 13.1 Å². The van der Waals surface area contributed by atoms with Gasteiger partial charge >= 0.3 is 6.03 Å². The number of allylic oxidation sites excluding steroid dienone is 3. The average molecular weight is 461 g/mol. The molecule has 2 amide bonds. The molecule has 4 rings (SSSR count). The summed E-state index contributed by atoms with van der Waals surface area (Å²) in [5, 5.41) is 6.89. The van der Waals surface area contributed by atoms with Gasteiger partial charge < -0.3 is 26.0 Å². The van der Waals surface area contributed by atoms with Gasteiger partial charge in [-0.3, -0.25) is 0 Å². The van der Waals surface area contributed by atoms with Gasteiger partial charge in [0.2, 0.25) is 5.95 Å². The zero-order valence-electron chi connectivity index (χ0n) is 16.9. The van der Waals surface area contributed by atoms with E-state index in [1.54, 1.807) is 17.0 Å². The third kappa shape index (κ3) is 4.61. The van der Waals surface area contributed by atoms with Gasteiger partial charge in [0.1, 0.15) is 12.4 Å². The number of nitrogens with zero attached hydrogens (tertiary/aromatic N) is 3. The molecule has 0 saturated carbocycles. The van der Waals surface area contributed by atoms with E-state index in [0.717, 1.165) is 17.8 Å². The van der Waals surface area contributed by atoms with Crippen LogP contribution in [0.3, 0.4) is 0 Å². The first-order valence-electron chi connectivity index (χ1n) is 9.88. The van der Waals surface area contributed by atoms with Gasteiger partial charge in [-0.05, 0) is 30.8 Å². The van der Waals surface area contributed by atoms with Crippen molar-refractivity contribution in [3.05, 3.63) is 57.4 Å². The molecular formula is C21H22Cl2N6O2. The predicted octanol–water partition coefficient (Wildman–Crippen LogP) is 3.50. The lowest BCUT2D eigenvalue weighted by molar-refractivity contribution is 0.201. The van der Waals surface area contributed by atoms with Crippen molar-refractivity contribution in [1.29, 1.82) is 0 Å². The molecule has 31 heavy (non-hydrogen) atoms. The van der Waals surface area contributed by atoms with E-state index in [2.05, 4.69) is 20.6 Å². The Labute approximate surface area is 190 Å². The summed E-state index contributed by atoms with van der Waals surface area (Å²) in [5.74, 6) is 0.605. The summed E-state index contributed by atoms with van der Waals surface area (Å²) in [6.07, 6.45) is 5.52. The highest BCUT2D eigenvalue weighted by molar-refractivity contribution is 6.37. The van der Waals surface area contributed by atoms with Crippen LogP contribution in [0.2, 0.25) is 10.0 Å². The van der Waals surface area contributed by atoms with Crippen LogP contribution in [0.15, 0.2) is 36.1 Å². The van der Waals surface area contributed by atoms with E-state index in [0.29, 0.717) is 59.0 Å². The third-order valence-corrected chi connectivity index (χ3v) is 5.45. The Morgan fingerprint density at radius 3 is 2.81 bits per heavy atom. The first kappa shape index (κ1) is 21.4. The van der Waals surface area contributed by atoms with Crippen molar-refractivity contribution < 1.29 is 9.53 Å². The maximum Gasteiger partial charge on any atom is 0.322 e. The van der Waals surface area contributed by atoms with Gasteiger partial charge in [0.05, 0.1) is 35.1 Å². The minimum Gasteiger partial charge on any atom is -0.491 e. The topological polar surface area (TPSA) is 105 Å². The average Bonchev–Trinajstić information content (AvgIpc) is 3.11. The summed E-state index contributed by atoms with van der Waals surface area (Å²) in [5.41, 5.74) is 9.35. The molecule has 162 valence electrons. The molecule has 1 aromatic carbocycles. The number of aromatic nitrogens is 2. The van der Waals surface area contributed by atoms with Gasteiger partial charge in [0, 0.05) is 22.8 Å². The summed E-state index contributed by atoms with van der Waals surface area (Å²) in [6.45, 7) is 4.60. The van der Waals surface area contributed by atoms with Crippen LogP contribution in [0.5, 0.6) is 5.75 Å². The van der Waals surface area contributed by atoms with Crippen molar-refractivity contribution in [2.45, 2.75) is 20.0 Å². The number of anilines is 1. The standard InChI is InChI=1S/C21H22Cl2N6O2/c1-2-25-6-7-31-17-9-12(22)8-15(23)18(17)19-14-10-29(11-16(14)27-20(24)28-19)21(30)26-13-4-3-5-13/h3-5,8-9,25H,2,6-7,10-11H2,1H3,(H,26,30)(H2,24,27,28). The van der Waals surface area contributed by atoms with Crippen LogP contribution in [0.25, 0.3) is 11.3 Å². The molecule has 0 radical (unpaired) electrons. The second kappa shape index (κ2) is 9.13. The van der Waals surface area contributed by atoms with E-state index < -0.39 is 0 Å². The van der Waals surface area contributed by atoms with Crippen molar-refractivity contribution >= 4 is 35.2 Å². The molecule has 1 aliphatic carbocycles. The Hall–Kier alpha value is -2.81. The predicted molar refractivity (Wildman–Crippen MR) is 121 cm³/mol. The van der Waals surface area contributed by atoms with E-state index in [1.165, 1.54) is 0 Å². The number of rotatable bonds is 7. The SMILES string of the molecule is CCNCCOc1cc(Cl)cc(Cl)c1-c1nc(N)nc2c1CN(C(=O)NC1=CC=C1)C2. The second-order valence-electron chi connectivity index (χ2n) is 7.09. The molecule has 0 fully saturated rings. The molecule has 8 nitrogen and oxygen atoms in total. The summed E-state index contributed by atoms with van der Waals surface area (Å²) >= 11 is 12.8. The Morgan fingerprint density at radius 1 is 1.29 bits per heavy atom. The number of carbonyl (C=O) groups excluding carboxylic acids is 1. The van der Waals surface area contributed by atoms with Gasteiger partial charge in [-0.1, -0.05) is 36.2 Å². The Balaban J connectivity index is 1.66. The molecule has 2 aromatic rings. The molecule has 10 heteroatoms. The zero-order chi connectivity index (χ0) is 22.0. The number of amides is 2. The Kier molecular flexibility index (Phi) is 6.31. The van der Waals surface area contributed by atoms with Crippen molar-refractivity contribution in [2.75, 3.05) is 25.4 Å². The lowest BCUT2D eigenvalue weighted by Crippen LogP contribution is -2.36. The molecule has 0 atom stereocenters. The number of ether oxygens (including phenoxy) is 1. The number of halogens is 2. The van der Waals surface area contributed by atoms with E-state index >= 15 is 0 Å². The number of nitrogen functional groups attached to an aromatic ring is 1. The molecule has 0 bridgehead atoms. The van der Waals surface area contributed by atoms with E-state index in [4.69, 9.17) is 33.7 Å². The minimum atomic E-state index is -0.220. The molecule has 0 unspecified atom stereocenters. The van der Waals surface area contributed by atoms with Crippen LogP contribution in [-0.4, -0.2) is 40.6 Å². The fourth-order valence-electron chi connectivity index (χ4n) is 3.41. The van der Waals surface area contributed by atoms with Crippen molar-refractivity contribution in [3.8, 4) is 17.0 Å². The number of urea groups is 1. The van der Waals surface area contributed by atoms with E-state index in [1.807, 2.05) is 25.2 Å². The molecule has 4 N–H and O–H groups in total. The number of likely N-dealkylation sites (N-methyl/N-ethyl adjacent to an activating group) is 1. The number of hydrogen-bond donors (Lipinski definition) is 3. The van der Waals surface area contributed by atoms with Gasteiger partial charge in [0.25, 0.3) is 0 Å². The van der Waals surface area contributed by atoms with Crippen LogP contribution in [0.4, 0.5) is 10.7 Å². The van der Waals surface area contributed by atoms with Crippen molar-refractivity contribution in [1.82, 2.24) is 25.5 Å². The molecule has 0 spiro atoms. The zero-order valence-corrected chi connectivity index (χ0v) is 18.4. The van der Waals surface area contributed by atoms with E-state index in [9.17, 15) is 4.79 Å². The number of benzene rings is 1. The fourth-order valence-corrected chi connectivity index (χ4v) is 3.97. The molecule has 0 saturated heterocycles. The van der Waals surface area contributed by atoms with Crippen LogP contribution in [0, 0.1) is 0 Å². The maximum absolute atomic E-state index is 12.6. The highest BCUT2D eigenvalue weighted by Crippen LogP contribution is 2.42. The first-order chi connectivity index (χ1) is 15.0. The summed E-state index contributed by atoms with van der Waals surface area (Å²) in [4.78, 5) is 23.1. The monoisotopic (exact) mass is 460 g/mol. The first-order valence-corrected chi connectivity index (χ1v) is 10.6. The van der Waals surface area contributed by atoms with Gasteiger partial charge in [-0.2, -0.15) is 0 Å². The van der Waals surface area contributed by atoms with E-state index in [-0.39, 0.29) is 12.0 Å². The molecular weight excluding hydrogens is 439 g/mol. The molecule has 2 aliphatic rings. The molecule has 2 heterocycles. The molecule has 1 aromatic heterocycles. The normalized spacial score (nSPS) is 14.2. The minimum absolute atomic E-state index is 0.102. The lowest BCUT2D eigenvalue weighted by Gasteiger charge is -2.18. The number of fused-ring (bicyclic) bond motifs is 1. The highest BCUT2D eigenvalue weighted by atomic mass is 35.5. The highest BCUT2D eigenvalue weighted by Gasteiger charge is 2.31. The van der Waals surface area contributed by atoms with Gasteiger partial charge in [-0.25, -0.2) is 14.8 Å². The van der Waals surface area contributed by atoms with Crippen molar-refractivity contribution in [3.63, 3.8) is 0 Å². The summed E-state index contributed by atoms with van der Waals surface area (Å²) in [6, 6.07) is 3.12. The summed E-state index contributed by atoms with van der Waals surface area (Å²) < 4.78 is 5.96. The Morgan fingerprint density at radius 2 is 2.10 bits per heavy atom. The maximum atomic E-state index is 12.6. The van der Waals surface area contributed by atoms with Crippen LogP contribution >= 0.6 is 23.2 Å². The smallest absolute Gasteiger partial charge is 0.322 e. The Bertz CT molecular complexity index is 1090. The largest absolute Gasteiger partial charge is 0.491 e. The van der Waals surface area contributed by atoms with Gasteiger partial charge in [-0.15, -0.1) is 0 Å². The molecule has 1 aliphatic heterocycles. The number of nitrogens with two attached hydrogens (primary N) is 1. The number of carbonyl (C=O) groups is 1. The lowest BCUT2D eigenvalue weighted by atomic mass is 10.0. The van der Waals surface area contributed by atoms with Gasteiger partial charge in [0.15, 0.2) is 0 Å². The fraction of sp³-hybridized carbons (Fsp3) is 0.286. The van der Waals surface area contributed by atoms with Crippen LogP contribution < -0.4 is 21.1 Å². The summed E-state index contributed by atoms with van der Waals surface area (Å²) in [7, 11) is 0. The van der Waals surface area contributed by atoms with Crippen molar-refractivity contribution in [2.24, 2.45) is 0 Å². The number of hydrogen-bond acceptors (Lipinski definition) is 6. The second-order valence-corrected chi connectivity index (χ2v) is 7.93.